The molecule has 3 rings (SSSR count). The molecule has 2 aromatic rings. The molecule has 0 aliphatic heterocycles. The zero-order chi connectivity index (χ0) is 20.1. The average molecular weight is 421 g/mol. The van der Waals surface area contributed by atoms with Gasteiger partial charge in [0.2, 0.25) is 5.91 Å². The summed E-state index contributed by atoms with van der Waals surface area (Å²) in [6.45, 7) is -0.432. The topological polar surface area (TPSA) is 75.7 Å². The molecule has 0 saturated heterocycles. The highest BCUT2D eigenvalue weighted by Gasteiger charge is 2.24. The van der Waals surface area contributed by atoms with Gasteiger partial charge in [0.05, 0.1) is 12.3 Å². The van der Waals surface area contributed by atoms with Crippen LogP contribution in [0, 0.1) is 0 Å². The summed E-state index contributed by atoms with van der Waals surface area (Å²) in [6, 6.07) is 11.6. The van der Waals surface area contributed by atoms with Crippen LogP contribution in [-0.4, -0.2) is 54.7 Å². The van der Waals surface area contributed by atoms with Gasteiger partial charge in [-0.05, 0) is 30.4 Å². The van der Waals surface area contributed by atoms with Crippen LogP contribution in [0.25, 0.3) is 10.8 Å². The predicted octanol–water partition coefficient (Wildman–Crippen LogP) is 2.87. The molecule has 1 saturated carbocycles. The van der Waals surface area contributed by atoms with E-state index in [9.17, 15) is 14.4 Å². The fraction of sp³-hybridized carbons (Fsp3) is 0.350. The maximum Gasteiger partial charge on any atom is 0.316 e. The largest absolute Gasteiger partial charge is 0.455 e. The molecule has 1 N–H and O–H groups in total. The van der Waals surface area contributed by atoms with Crippen molar-refractivity contribution < 1.29 is 19.1 Å². The first kappa shape index (κ1) is 20.5. The number of amides is 2. The summed E-state index contributed by atoms with van der Waals surface area (Å²) in [5.41, 5.74) is 0. The van der Waals surface area contributed by atoms with E-state index in [0.717, 1.165) is 28.5 Å². The molecule has 0 radical (unpaired) electrons. The van der Waals surface area contributed by atoms with Crippen LogP contribution >= 0.6 is 23.4 Å². The molecule has 2 aromatic carbocycles. The van der Waals surface area contributed by atoms with Crippen molar-refractivity contribution in [1.82, 2.24) is 10.2 Å². The van der Waals surface area contributed by atoms with Gasteiger partial charge in [0.1, 0.15) is 0 Å². The van der Waals surface area contributed by atoms with E-state index in [-0.39, 0.29) is 30.9 Å². The second kappa shape index (κ2) is 9.30. The normalized spacial score (nSPS) is 13.2. The number of carbonyl (C=O) groups excluding carboxylic acids is 3. The van der Waals surface area contributed by atoms with Crippen LogP contribution < -0.4 is 5.32 Å². The number of hydrogen-bond acceptors (Lipinski definition) is 5. The molecule has 1 aliphatic carbocycles. The van der Waals surface area contributed by atoms with Crippen LogP contribution in [0.5, 0.6) is 0 Å². The molecule has 0 heterocycles. The standard InChI is InChI=1S/C20H21ClN2O4S/c1-23(10-17(24)22-14-8-9-14)18(25)11-27-19(26)12-28-16-7-3-5-13-4-2-6-15(21)20(13)16/h2-7,14H,8-12H2,1H3,(H,22,24). The van der Waals surface area contributed by atoms with Crippen molar-refractivity contribution in [3.05, 3.63) is 41.4 Å². The van der Waals surface area contributed by atoms with Gasteiger partial charge >= 0.3 is 5.97 Å². The third-order valence-electron chi connectivity index (χ3n) is 4.27. The number of hydrogen-bond donors (Lipinski definition) is 1. The zero-order valence-corrected chi connectivity index (χ0v) is 17.0. The number of fused-ring (bicyclic) bond motifs is 1. The molecule has 1 aliphatic rings. The third kappa shape index (κ3) is 5.62. The Kier molecular flexibility index (Phi) is 6.80. The van der Waals surface area contributed by atoms with Crippen molar-refractivity contribution in [2.75, 3.05) is 26.0 Å². The van der Waals surface area contributed by atoms with Crippen molar-refractivity contribution in [3.63, 3.8) is 0 Å². The SMILES string of the molecule is CN(CC(=O)NC1CC1)C(=O)COC(=O)CSc1cccc2cccc(Cl)c12. The van der Waals surface area contributed by atoms with Crippen molar-refractivity contribution in [2.45, 2.75) is 23.8 Å². The van der Waals surface area contributed by atoms with Gasteiger partial charge in [-0.25, -0.2) is 0 Å². The minimum Gasteiger partial charge on any atom is -0.455 e. The number of rotatable bonds is 8. The van der Waals surface area contributed by atoms with E-state index in [1.165, 1.54) is 23.7 Å². The van der Waals surface area contributed by atoms with E-state index in [4.69, 9.17) is 16.3 Å². The van der Waals surface area contributed by atoms with Crippen molar-refractivity contribution in [2.24, 2.45) is 0 Å². The van der Waals surface area contributed by atoms with Gasteiger partial charge in [0.15, 0.2) is 6.61 Å². The molecule has 0 aromatic heterocycles. The number of nitrogens with one attached hydrogen (secondary N) is 1. The lowest BCUT2D eigenvalue weighted by Gasteiger charge is -2.16. The maximum atomic E-state index is 12.0. The molecule has 148 valence electrons. The minimum absolute atomic E-state index is 0.0455. The molecule has 0 spiro atoms. The number of halogens is 1. The number of thioether (sulfide) groups is 1. The number of carbonyl (C=O) groups is 3. The Labute approximate surface area is 172 Å². The van der Waals surface area contributed by atoms with Crippen LogP contribution in [0.3, 0.4) is 0 Å². The Bertz CT molecular complexity index is 896. The molecule has 8 heteroatoms. The third-order valence-corrected chi connectivity index (χ3v) is 5.61. The molecule has 0 atom stereocenters. The monoisotopic (exact) mass is 420 g/mol. The van der Waals surface area contributed by atoms with E-state index in [0.29, 0.717) is 5.02 Å². The fourth-order valence-electron chi connectivity index (χ4n) is 2.62. The molecule has 28 heavy (non-hydrogen) atoms. The number of ether oxygens (including phenoxy) is 1. The van der Waals surface area contributed by atoms with Gasteiger partial charge in [-0.15, -0.1) is 11.8 Å². The highest BCUT2D eigenvalue weighted by molar-refractivity contribution is 8.00. The quantitative estimate of drug-likeness (QED) is 0.525. The molecular formula is C20H21ClN2O4S. The Morgan fingerprint density at radius 1 is 1.21 bits per heavy atom. The second-order valence-corrected chi connectivity index (χ2v) is 8.06. The first-order chi connectivity index (χ1) is 13.4. The van der Waals surface area contributed by atoms with Crippen LogP contribution in [-0.2, 0) is 19.1 Å². The van der Waals surface area contributed by atoms with E-state index in [1.54, 1.807) is 6.07 Å². The Morgan fingerprint density at radius 2 is 1.93 bits per heavy atom. The highest BCUT2D eigenvalue weighted by atomic mass is 35.5. The highest BCUT2D eigenvalue weighted by Crippen LogP contribution is 2.33. The second-order valence-electron chi connectivity index (χ2n) is 6.64. The van der Waals surface area contributed by atoms with Crippen LogP contribution in [0.2, 0.25) is 5.02 Å². The summed E-state index contributed by atoms with van der Waals surface area (Å²) in [4.78, 5) is 37.9. The predicted molar refractivity (Wildman–Crippen MR) is 109 cm³/mol. The van der Waals surface area contributed by atoms with E-state index < -0.39 is 11.9 Å². The lowest BCUT2D eigenvalue weighted by molar-refractivity contribution is -0.149. The molecule has 0 unspecified atom stereocenters. The summed E-state index contributed by atoms with van der Waals surface area (Å²) in [6.07, 6.45) is 1.97. The van der Waals surface area contributed by atoms with Gasteiger partial charge in [-0.1, -0.05) is 35.9 Å². The Hall–Kier alpha value is -2.25. The minimum atomic E-state index is -0.502. The molecule has 6 nitrogen and oxygen atoms in total. The first-order valence-electron chi connectivity index (χ1n) is 8.93. The summed E-state index contributed by atoms with van der Waals surface area (Å²) in [5, 5.41) is 5.31. The number of benzene rings is 2. The molecule has 1 fully saturated rings. The van der Waals surface area contributed by atoms with Gasteiger partial charge in [-0.2, -0.15) is 0 Å². The van der Waals surface area contributed by atoms with Crippen LogP contribution in [0.4, 0.5) is 0 Å². The zero-order valence-electron chi connectivity index (χ0n) is 15.4. The molecule has 2 amide bonds. The lowest BCUT2D eigenvalue weighted by atomic mass is 10.1. The Morgan fingerprint density at radius 3 is 2.64 bits per heavy atom. The lowest BCUT2D eigenvalue weighted by Crippen LogP contribution is -2.40. The fourth-order valence-corrected chi connectivity index (χ4v) is 3.86. The van der Waals surface area contributed by atoms with Crippen LogP contribution in [0.15, 0.2) is 41.3 Å². The first-order valence-corrected chi connectivity index (χ1v) is 10.3. The van der Waals surface area contributed by atoms with Crippen molar-refractivity contribution >= 4 is 51.9 Å². The summed E-state index contributed by atoms with van der Waals surface area (Å²) >= 11 is 7.59. The average Bonchev–Trinajstić information content (AvgIpc) is 3.48. The number of esters is 1. The van der Waals surface area contributed by atoms with Crippen molar-refractivity contribution in [1.29, 1.82) is 0 Å². The molecule has 0 bridgehead atoms. The Balaban J connectivity index is 1.45. The van der Waals surface area contributed by atoms with Crippen molar-refractivity contribution in [3.8, 4) is 0 Å². The summed E-state index contributed by atoms with van der Waals surface area (Å²) in [7, 11) is 1.51. The van der Waals surface area contributed by atoms with E-state index in [2.05, 4.69) is 5.32 Å². The van der Waals surface area contributed by atoms with Gasteiger partial charge < -0.3 is 15.0 Å². The van der Waals surface area contributed by atoms with Gasteiger partial charge in [0, 0.05) is 28.4 Å². The van der Waals surface area contributed by atoms with Gasteiger partial charge in [-0.3, -0.25) is 14.4 Å². The number of likely N-dealkylation sites (N-methyl/N-ethyl adjacent to an activating group) is 1. The summed E-state index contributed by atoms with van der Waals surface area (Å²) < 4.78 is 5.05. The van der Waals surface area contributed by atoms with Crippen LogP contribution in [0.1, 0.15) is 12.8 Å². The molecular weight excluding hydrogens is 400 g/mol. The van der Waals surface area contributed by atoms with E-state index >= 15 is 0 Å². The number of nitrogens with zero attached hydrogens (tertiary/aromatic N) is 1. The maximum absolute atomic E-state index is 12.0. The smallest absolute Gasteiger partial charge is 0.316 e. The van der Waals surface area contributed by atoms with E-state index in [1.807, 2.05) is 30.3 Å². The summed E-state index contributed by atoms with van der Waals surface area (Å²) in [5.74, 6) is -1.06. The van der Waals surface area contributed by atoms with Gasteiger partial charge in [0.25, 0.3) is 5.91 Å².